The molecular weight excluding hydrogens is 321 g/mol. The Kier molecular flexibility index (Phi) is 3.40. The molecule has 0 aliphatic rings. The molecule has 3 aromatic rings. The van der Waals surface area contributed by atoms with Gasteiger partial charge in [0.25, 0.3) is 0 Å². The van der Waals surface area contributed by atoms with Gasteiger partial charge in [0, 0.05) is 22.7 Å². The van der Waals surface area contributed by atoms with Crippen molar-refractivity contribution >= 4 is 32.6 Å². The molecule has 1 aromatic heterocycles. The Hall–Kier alpha value is -1.94. The minimum atomic E-state index is -0.439. The number of aromatic nitrogens is 1. The van der Waals surface area contributed by atoms with Crippen molar-refractivity contribution in [2.45, 2.75) is 4.83 Å². The number of benzene rings is 2. The summed E-state index contributed by atoms with van der Waals surface area (Å²) in [5.41, 5.74) is 2.12. The van der Waals surface area contributed by atoms with Crippen LogP contribution in [0.15, 0.2) is 54.7 Å². The second kappa shape index (κ2) is 5.21. The average molecular weight is 332 g/mol. The number of fused-ring (bicyclic) bond motifs is 1. The molecule has 0 spiro atoms. The van der Waals surface area contributed by atoms with Crippen LogP contribution in [0.25, 0.3) is 10.9 Å². The highest BCUT2D eigenvalue weighted by atomic mass is 79.9. The Morgan fingerprint density at radius 2 is 1.90 bits per heavy atom. The summed E-state index contributed by atoms with van der Waals surface area (Å²) in [6.45, 7) is 0. The van der Waals surface area contributed by atoms with E-state index in [2.05, 4.69) is 20.9 Å². The minimum absolute atomic E-state index is 0.0898. The number of ketones is 1. The van der Waals surface area contributed by atoms with Crippen LogP contribution in [-0.4, -0.2) is 10.8 Å². The Morgan fingerprint density at radius 1 is 1.15 bits per heavy atom. The number of hydrogen-bond acceptors (Lipinski definition) is 1. The lowest BCUT2D eigenvalue weighted by molar-refractivity contribution is 0.0993. The number of carbonyl (C=O) groups excluding carboxylic acids is 1. The maximum atomic E-state index is 13.3. The number of rotatable bonds is 3. The van der Waals surface area contributed by atoms with Gasteiger partial charge in [-0.2, -0.15) is 0 Å². The molecule has 2 aromatic carbocycles. The summed E-state index contributed by atoms with van der Waals surface area (Å²) in [4.78, 5) is 15.1. The fraction of sp³-hybridized carbons (Fsp3) is 0.0625. The molecular formula is C16H11BrFNO. The maximum absolute atomic E-state index is 13.3. The third kappa shape index (κ3) is 2.27. The van der Waals surface area contributed by atoms with Gasteiger partial charge in [-0.25, -0.2) is 4.39 Å². The zero-order valence-corrected chi connectivity index (χ0v) is 12.0. The molecule has 20 heavy (non-hydrogen) atoms. The lowest BCUT2D eigenvalue weighted by Gasteiger charge is -2.08. The normalized spacial score (nSPS) is 12.5. The molecule has 100 valence electrons. The Bertz CT molecular complexity index is 767. The summed E-state index contributed by atoms with van der Waals surface area (Å²) in [6, 6.07) is 13.8. The van der Waals surface area contributed by atoms with E-state index in [4.69, 9.17) is 0 Å². The molecule has 0 saturated heterocycles. The summed E-state index contributed by atoms with van der Waals surface area (Å²) in [5, 5.41) is 0.607. The molecule has 1 N–H and O–H groups in total. The molecule has 0 amide bonds. The fourth-order valence-corrected chi connectivity index (χ4v) is 2.76. The molecule has 1 atom stereocenters. The number of hydrogen-bond donors (Lipinski definition) is 1. The first-order valence-corrected chi connectivity index (χ1v) is 7.08. The van der Waals surface area contributed by atoms with Crippen LogP contribution in [-0.2, 0) is 0 Å². The second-order valence-electron chi connectivity index (χ2n) is 4.53. The van der Waals surface area contributed by atoms with E-state index < -0.39 is 4.83 Å². The number of nitrogens with one attached hydrogen (secondary N) is 1. The first-order chi connectivity index (χ1) is 9.66. The fourth-order valence-electron chi connectivity index (χ4n) is 2.21. The van der Waals surface area contributed by atoms with E-state index in [1.807, 2.05) is 30.3 Å². The Labute approximate surface area is 123 Å². The van der Waals surface area contributed by atoms with E-state index in [0.29, 0.717) is 10.9 Å². The van der Waals surface area contributed by atoms with Crippen molar-refractivity contribution in [1.82, 2.24) is 4.98 Å². The molecule has 0 fully saturated rings. The number of Topliss-reactive ketones (excluding diaryl/α,β-unsaturated/α-hetero) is 1. The summed E-state index contributed by atoms with van der Waals surface area (Å²) < 4.78 is 13.3. The molecule has 1 unspecified atom stereocenters. The molecule has 1 heterocycles. The standard InChI is InChI=1S/C16H11BrFNO/c17-15(10-4-2-1-3-5-10)16(20)13-9-19-14-7-6-11(18)8-12(13)14/h1-9,15,19H. The Morgan fingerprint density at radius 3 is 2.65 bits per heavy atom. The van der Waals surface area contributed by atoms with Gasteiger partial charge in [0.1, 0.15) is 10.6 Å². The van der Waals surface area contributed by atoms with E-state index >= 15 is 0 Å². The highest BCUT2D eigenvalue weighted by Gasteiger charge is 2.21. The lowest BCUT2D eigenvalue weighted by atomic mass is 10.0. The smallest absolute Gasteiger partial charge is 0.183 e. The van der Waals surface area contributed by atoms with Crippen LogP contribution < -0.4 is 0 Å². The van der Waals surface area contributed by atoms with Crippen molar-refractivity contribution in [3.8, 4) is 0 Å². The van der Waals surface area contributed by atoms with Crippen LogP contribution in [0, 0.1) is 5.82 Å². The van der Waals surface area contributed by atoms with Gasteiger partial charge in [0.2, 0.25) is 0 Å². The van der Waals surface area contributed by atoms with E-state index in [-0.39, 0.29) is 11.6 Å². The average Bonchev–Trinajstić information content (AvgIpc) is 2.89. The number of halogens is 2. The van der Waals surface area contributed by atoms with Gasteiger partial charge in [-0.1, -0.05) is 46.3 Å². The van der Waals surface area contributed by atoms with Crippen molar-refractivity contribution in [3.63, 3.8) is 0 Å². The van der Waals surface area contributed by atoms with Gasteiger partial charge in [0.15, 0.2) is 5.78 Å². The summed E-state index contributed by atoms with van der Waals surface area (Å²) in [5.74, 6) is -0.440. The van der Waals surface area contributed by atoms with Crippen LogP contribution in [0.3, 0.4) is 0 Å². The van der Waals surface area contributed by atoms with Crippen LogP contribution >= 0.6 is 15.9 Å². The van der Waals surface area contributed by atoms with E-state index in [1.54, 1.807) is 12.3 Å². The molecule has 0 saturated carbocycles. The summed E-state index contributed by atoms with van der Waals surface area (Å²) >= 11 is 3.42. The second-order valence-corrected chi connectivity index (χ2v) is 5.45. The van der Waals surface area contributed by atoms with Crippen molar-refractivity contribution < 1.29 is 9.18 Å². The molecule has 0 aliphatic heterocycles. The van der Waals surface area contributed by atoms with Crippen LogP contribution in [0.1, 0.15) is 20.7 Å². The van der Waals surface area contributed by atoms with Gasteiger partial charge < -0.3 is 4.98 Å². The van der Waals surface area contributed by atoms with Crippen LogP contribution in [0.4, 0.5) is 4.39 Å². The number of alkyl halides is 1. The van der Waals surface area contributed by atoms with Gasteiger partial charge in [-0.05, 0) is 23.8 Å². The quantitative estimate of drug-likeness (QED) is 0.551. The predicted molar refractivity (Wildman–Crippen MR) is 80.7 cm³/mol. The first-order valence-electron chi connectivity index (χ1n) is 6.16. The SMILES string of the molecule is O=C(c1c[nH]c2ccc(F)cc12)C(Br)c1ccccc1. The first kappa shape index (κ1) is 13.1. The highest BCUT2D eigenvalue weighted by molar-refractivity contribution is 9.09. The van der Waals surface area contributed by atoms with Crippen LogP contribution in [0.2, 0.25) is 0 Å². The van der Waals surface area contributed by atoms with Gasteiger partial charge in [-0.15, -0.1) is 0 Å². The third-order valence-electron chi connectivity index (χ3n) is 3.23. The predicted octanol–water partition coefficient (Wildman–Crippen LogP) is 4.63. The van der Waals surface area contributed by atoms with E-state index in [1.165, 1.54) is 12.1 Å². The van der Waals surface area contributed by atoms with Crippen LogP contribution in [0.5, 0.6) is 0 Å². The summed E-state index contributed by atoms with van der Waals surface area (Å²) in [6.07, 6.45) is 1.63. The molecule has 4 heteroatoms. The van der Waals surface area contributed by atoms with Gasteiger partial charge >= 0.3 is 0 Å². The summed E-state index contributed by atoms with van der Waals surface area (Å²) in [7, 11) is 0. The van der Waals surface area contributed by atoms with E-state index in [0.717, 1.165) is 11.1 Å². The van der Waals surface area contributed by atoms with Crippen molar-refractivity contribution in [2.24, 2.45) is 0 Å². The topological polar surface area (TPSA) is 32.9 Å². The van der Waals surface area contributed by atoms with Crippen molar-refractivity contribution in [2.75, 3.05) is 0 Å². The number of carbonyl (C=O) groups is 1. The maximum Gasteiger partial charge on any atom is 0.183 e. The third-order valence-corrected chi connectivity index (χ3v) is 4.18. The Balaban J connectivity index is 2.03. The minimum Gasteiger partial charge on any atom is -0.360 e. The van der Waals surface area contributed by atoms with Crippen molar-refractivity contribution in [3.05, 3.63) is 71.7 Å². The number of H-pyrrole nitrogens is 1. The lowest BCUT2D eigenvalue weighted by Crippen LogP contribution is -2.06. The zero-order chi connectivity index (χ0) is 14.1. The number of aromatic amines is 1. The molecule has 0 radical (unpaired) electrons. The van der Waals surface area contributed by atoms with Gasteiger partial charge in [-0.3, -0.25) is 4.79 Å². The monoisotopic (exact) mass is 331 g/mol. The van der Waals surface area contributed by atoms with Crippen molar-refractivity contribution in [1.29, 1.82) is 0 Å². The molecule has 3 rings (SSSR count). The van der Waals surface area contributed by atoms with Gasteiger partial charge in [0.05, 0.1) is 0 Å². The largest absolute Gasteiger partial charge is 0.360 e. The molecule has 2 nitrogen and oxygen atoms in total. The van der Waals surface area contributed by atoms with E-state index in [9.17, 15) is 9.18 Å². The highest BCUT2D eigenvalue weighted by Crippen LogP contribution is 2.30. The molecule has 0 aliphatic carbocycles. The molecule has 0 bridgehead atoms. The zero-order valence-electron chi connectivity index (χ0n) is 10.4.